The van der Waals surface area contributed by atoms with E-state index < -0.39 is 0 Å². The zero-order valence-electron chi connectivity index (χ0n) is 13.0. The van der Waals surface area contributed by atoms with Gasteiger partial charge in [0.05, 0.1) is 7.11 Å². The molecular formula is C16H22IN3O2S. The summed E-state index contributed by atoms with van der Waals surface area (Å²) in [4.78, 5) is 5.62. The number of nitrogens with one attached hydrogen (secondary N) is 1. The molecule has 126 valence electrons. The summed E-state index contributed by atoms with van der Waals surface area (Å²) in [5.74, 6) is 1.09. The molecule has 0 saturated heterocycles. The molecule has 0 spiro atoms. The number of aliphatic imine (C=N–C) groups is 1. The lowest BCUT2D eigenvalue weighted by Crippen LogP contribution is -2.33. The molecule has 23 heavy (non-hydrogen) atoms. The molecule has 4 N–H and O–H groups in total. The minimum atomic E-state index is 0. The number of ether oxygens (including phenoxy) is 1. The van der Waals surface area contributed by atoms with Crippen molar-refractivity contribution in [2.24, 2.45) is 10.7 Å². The molecule has 0 fully saturated rings. The number of rotatable bonds is 7. The minimum Gasteiger partial charge on any atom is -0.504 e. The first-order valence-corrected chi connectivity index (χ1v) is 7.99. The number of aromatic hydroxyl groups is 1. The Hall–Kier alpha value is -1.48. The minimum absolute atomic E-state index is 0. The van der Waals surface area contributed by atoms with E-state index in [9.17, 15) is 5.11 Å². The van der Waals surface area contributed by atoms with Gasteiger partial charge in [-0.25, -0.2) is 0 Å². The highest BCUT2D eigenvalue weighted by atomic mass is 127. The van der Waals surface area contributed by atoms with E-state index in [4.69, 9.17) is 10.5 Å². The maximum atomic E-state index is 9.55. The molecule has 0 aliphatic heterocycles. The number of methoxy groups -OCH3 is 1. The van der Waals surface area contributed by atoms with Crippen molar-refractivity contribution >= 4 is 41.3 Å². The number of halogens is 1. The number of guanidine groups is 1. The van der Waals surface area contributed by atoms with E-state index in [2.05, 4.69) is 21.8 Å². The highest BCUT2D eigenvalue weighted by Gasteiger charge is 2.02. The summed E-state index contributed by atoms with van der Waals surface area (Å²) in [6, 6.07) is 9.46. The van der Waals surface area contributed by atoms with Crippen molar-refractivity contribution in [1.82, 2.24) is 5.32 Å². The molecule has 0 radical (unpaired) electrons. The largest absolute Gasteiger partial charge is 0.504 e. The van der Waals surface area contributed by atoms with Gasteiger partial charge in [0.25, 0.3) is 0 Å². The van der Waals surface area contributed by atoms with Gasteiger partial charge >= 0.3 is 0 Å². The van der Waals surface area contributed by atoms with Crippen LogP contribution < -0.4 is 15.8 Å². The van der Waals surface area contributed by atoms with Gasteiger partial charge in [0.15, 0.2) is 17.5 Å². The van der Waals surface area contributed by atoms with E-state index in [1.807, 2.05) is 18.2 Å². The molecule has 0 saturated carbocycles. The lowest BCUT2D eigenvalue weighted by molar-refractivity contribution is 0.373. The fraction of sp³-hybridized carbons (Fsp3) is 0.312. The molecule has 1 aromatic carbocycles. The molecule has 5 nitrogen and oxygen atoms in total. The van der Waals surface area contributed by atoms with Crippen molar-refractivity contribution in [2.45, 2.75) is 12.8 Å². The van der Waals surface area contributed by atoms with Crippen molar-refractivity contribution in [3.05, 3.63) is 46.2 Å². The number of phenolic OH excluding ortho intramolecular Hbond substituents is 1. The third kappa shape index (κ3) is 6.66. The van der Waals surface area contributed by atoms with Crippen molar-refractivity contribution in [3.63, 3.8) is 0 Å². The van der Waals surface area contributed by atoms with Gasteiger partial charge in [-0.15, -0.1) is 35.3 Å². The number of benzene rings is 1. The van der Waals surface area contributed by atoms with Crippen LogP contribution in [0, 0.1) is 0 Å². The summed E-state index contributed by atoms with van der Waals surface area (Å²) in [6.07, 6.45) is 1.69. The number of hydrogen-bond donors (Lipinski definition) is 3. The smallest absolute Gasteiger partial charge is 0.188 e. The summed E-state index contributed by atoms with van der Waals surface area (Å²) in [6.45, 7) is 1.37. The summed E-state index contributed by atoms with van der Waals surface area (Å²) >= 11 is 1.73. The fourth-order valence-electron chi connectivity index (χ4n) is 2.01. The van der Waals surface area contributed by atoms with Crippen LogP contribution in [0.5, 0.6) is 11.5 Å². The monoisotopic (exact) mass is 447 g/mol. The first-order valence-electron chi connectivity index (χ1n) is 7.11. The Morgan fingerprint density at radius 1 is 1.35 bits per heavy atom. The van der Waals surface area contributed by atoms with Crippen LogP contribution in [0.3, 0.4) is 0 Å². The molecule has 0 aliphatic rings. The average Bonchev–Trinajstić information content (AvgIpc) is 3.02. The molecule has 0 bridgehead atoms. The third-order valence-electron chi connectivity index (χ3n) is 3.18. The normalized spacial score (nSPS) is 10.9. The first kappa shape index (κ1) is 19.6. The van der Waals surface area contributed by atoms with Gasteiger partial charge in [-0.05, 0) is 35.6 Å². The van der Waals surface area contributed by atoms with Crippen molar-refractivity contribution in [3.8, 4) is 11.5 Å². The SMILES string of the molecule is COc1cc(CCNC(N)=NCCc2cccs2)ccc1O.I. The van der Waals surface area contributed by atoms with Gasteiger partial charge in [-0.1, -0.05) is 12.1 Å². The quantitative estimate of drug-likeness (QED) is 0.347. The van der Waals surface area contributed by atoms with Gasteiger partial charge in [-0.2, -0.15) is 0 Å². The maximum Gasteiger partial charge on any atom is 0.188 e. The maximum absolute atomic E-state index is 9.55. The van der Waals surface area contributed by atoms with Crippen LogP contribution in [0.25, 0.3) is 0 Å². The zero-order valence-corrected chi connectivity index (χ0v) is 16.1. The topological polar surface area (TPSA) is 79.9 Å². The Bertz CT molecular complexity index is 618. The summed E-state index contributed by atoms with van der Waals surface area (Å²) < 4.78 is 5.08. The molecule has 1 heterocycles. The van der Waals surface area contributed by atoms with Crippen LogP contribution in [0.1, 0.15) is 10.4 Å². The second-order valence-electron chi connectivity index (χ2n) is 4.78. The second-order valence-corrected chi connectivity index (χ2v) is 5.81. The predicted molar refractivity (Wildman–Crippen MR) is 106 cm³/mol. The Balaban J connectivity index is 0.00000264. The molecular weight excluding hydrogens is 425 g/mol. The van der Waals surface area contributed by atoms with Gasteiger partial charge in [0, 0.05) is 24.4 Å². The number of nitrogens with zero attached hydrogens (tertiary/aromatic N) is 1. The van der Waals surface area contributed by atoms with Gasteiger partial charge < -0.3 is 20.9 Å². The zero-order chi connectivity index (χ0) is 15.8. The van der Waals surface area contributed by atoms with Crippen LogP contribution in [0.15, 0.2) is 40.7 Å². The van der Waals surface area contributed by atoms with Crippen LogP contribution in [0.2, 0.25) is 0 Å². The Labute approximate surface area is 157 Å². The molecule has 7 heteroatoms. The standard InChI is InChI=1S/C16H21N3O2S.HI/c1-21-15-11-12(4-5-14(15)20)6-8-18-16(17)19-9-7-13-3-2-10-22-13;/h2-5,10-11,20H,6-9H2,1H3,(H3,17,18,19);1H. The van der Waals surface area contributed by atoms with Crippen molar-refractivity contribution in [1.29, 1.82) is 0 Å². The fourth-order valence-corrected chi connectivity index (χ4v) is 2.71. The Morgan fingerprint density at radius 3 is 2.87 bits per heavy atom. The highest BCUT2D eigenvalue weighted by molar-refractivity contribution is 14.0. The summed E-state index contributed by atoms with van der Waals surface area (Å²) in [5, 5.41) is 14.7. The van der Waals surface area contributed by atoms with E-state index in [0.717, 1.165) is 18.4 Å². The molecule has 0 unspecified atom stereocenters. The van der Waals surface area contributed by atoms with Crippen molar-refractivity contribution in [2.75, 3.05) is 20.2 Å². The molecule has 0 atom stereocenters. The summed E-state index contributed by atoms with van der Waals surface area (Å²) in [7, 11) is 1.54. The van der Waals surface area contributed by atoms with E-state index in [0.29, 0.717) is 24.8 Å². The van der Waals surface area contributed by atoms with Crippen LogP contribution >= 0.6 is 35.3 Å². The molecule has 0 aliphatic carbocycles. The molecule has 0 amide bonds. The van der Waals surface area contributed by atoms with E-state index in [1.54, 1.807) is 17.4 Å². The van der Waals surface area contributed by atoms with Gasteiger partial charge in [0.2, 0.25) is 0 Å². The van der Waals surface area contributed by atoms with E-state index in [1.165, 1.54) is 12.0 Å². The first-order chi connectivity index (χ1) is 10.7. The second kappa shape index (κ2) is 10.3. The number of thiophene rings is 1. The van der Waals surface area contributed by atoms with Gasteiger partial charge in [0.1, 0.15) is 0 Å². The lowest BCUT2D eigenvalue weighted by Gasteiger charge is -2.08. The van der Waals surface area contributed by atoms with E-state index >= 15 is 0 Å². The van der Waals surface area contributed by atoms with E-state index in [-0.39, 0.29) is 29.7 Å². The Morgan fingerprint density at radius 2 is 2.17 bits per heavy atom. The molecule has 2 aromatic rings. The Kier molecular flexibility index (Phi) is 8.78. The number of phenols is 1. The van der Waals surface area contributed by atoms with Crippen LogP contribution in [-0.4, -0.2) is 31.3 Å². The van der Waals surface area contributed by atoms with Crippen molar-refractivity contribution < 1.29 is 9.84 Å². The van der Waals surface area contributed by atoms with Gasteiger partial charge in [-0.3, -0.25) is 4.99 Å². The van der Waals surface area contributed by atoms with Crippen LogP contribution in [-0.2, 0) is 12.8 Å². The lowest BCUT2D eigenvalue weighted by atomic mass is 10.1. The molecule has 1 aromatic heterocycles. The average molecular weight is 447 g/mol. The summed E-state index contributed by atoms with van der Waals surface area (Å²) in [5.41, 5.74) is 6.90. The number of nitrogens with two attached hydrogens (primary N) is 1. The van der Waals surface area contributed by atoms with Crippen LogP contribution in [0.4, 0.5) is 0 Å². The number of hydrogen-bond acceptors (Lipinski definition) is 4. The molecule has 2 rings (SSSR count). The third-order valence-corrected chi connectivity index (χ3v) is 4.12. The predicted octanol–water partition coefficient (Wildman–Crippen LogP) is 2.77. The highest BCUT2D eigenvalue weighted by Crippen LogP contribution is 2.26.